The maximum Gasteiger partial charge on any atom is 0.154 e. The Morgan fingerprint density at radius 3 is 3.00 bits per heavy atom. The highest BCUT2D eigenvalue weighted by Gasteiger charge is 2.03. The molecule has 5 heteroatoms. The van der Waals surface area contributed by atoms with Gasteiger partial charge in [-0.05, 0) is 13.8 Å². The predicted molar refractivity (Wildman–Crippen MR) is 51.3 cm³/mol. The summed E-state index contributed by atoms with van der Waals surface area (Å²) in [5.41, 5.74) is 2.55. The van der Waals surface area contributed by atoms with Crippen molar-refractivity contribution in [2.75, 3.05) is 6.54 Å². The summed E-state index contributed by atoms with van der Waals surface area (Å²) >= 11 is 1.58. The molecule has 0 spiro atoms. The molecule has 0 aliphatic rings. The van der Waals surface area contributed by atoms with E-state index in [0.717, 1.165) is 16.4 Å². The van der Waals surface area contributed by atoms with E-state index in [4.69, 9.17) is 5.84 Å². The van der Waals surface area contributed by atoms with Gasteiger partial charge in [0.1, 0.15) is 0 Å². The molecule has 0 fully saturated rings. The van der Waals surface area contributed by atoms with Gasteiger partial charge in [-0.3, -0.25) is 4.99 Å². The summed E-state index contributed by atoms with van der Waals surface area (Å²) in [5, 5.41) is 1.02. The Morgan fingerprint density at radius 2 is 2.58 bits per heavy atom. The van der Waals surface area contributed by atoms with E-state index in [2.05, 4.69) is 15.4 Å². The van der Waals surface area contributed by atoms with E-state index in [1.807, 2.05) is 13.8 Å². The molecule has 4 nitrogen and oxygen atoms in total. The monoisotopic (exact) mass is 184 g/mol. The van der Waals surface area contributed by atoms with Crippen molar-refractivity contribution in [3.05, 3.63) is 16.1 Å². The summed E-state index contributed by atoms with van der Waals surface area (Å²) in [6.45, 7) is 4.63. The molecule has 0 saturated carbocycles. The highest BCUT2D eigenvalue weighted by Crippen LogP contribution is 2.11. The number of aryl methyl sites for hydroxylation is 1. The summed E-state index contributed by atoms with van der Waals surface area (Å²) in [6.07, 6.45) is 1.77. The molecular weight excluding hydrogens is 172 g/mol. The number of hydrogen-bond acceptors (Lipinski definition) is 4. The molecule has 0 aliphatic heterocycles. The zero-order valence-electron chi connectivity index (χ0n) is 7.16. The van der Waals surface area contributed by atoms with Crippen LogP contribution < -0.4 is 11.3 Å². The molecular formula is C7H12N4S. The summed E-state index contributed by atoms with van der Waals surface area (Å²) in [5.74, 6) is 6.01. The number of hydrazine groups is 1. The summed E-state index contributed by atoms with van der Waals surface area (Å²) in [4.78, 5) is 9.27. The molecule has 3 N–H and O–H groups in total. The lowest BCUT2D eigenvalue weighted by atomic mass is 10.5. The second-order valence-electron chi connectivity index (χ2n) is 2.21. The van der Waals surface area contributed by atoms with Crippen molar-refractivity contribution in [2.45, 2.75) is 13.8 Å². The van der Waals surface area contributed by atoms with E-state index in [9.17, 15) is 0 Å². The third-order valence-corrected chi connectivity index (χ3v) is 2.23. The quantitative estimate of drug-likeness (QED) is 0.307. The zero-order valence-corrected chi connectivity index (χ0v) is 7.98. The summed E-state index contributed by atoms with van der Waals surface area (Å²) in [7, 11) is 0. The molecule has 66 valence electrons. The van der Waals surface area contributed by atoms with Crippen LogP contribution in [0.3, 0.4) is 0 Å². The third-order valence-electron chi connectivity index (χ3n) is 1.31. The summed E-state index contributed by atoms with van der Waals surface area (Å²) in [6, 6.07) is 0. The fraction of sp³-hybridized carbons (Fsp3) is 0.429. The average molecular weight is 184 g/mol. The van der Waals surface area contributed by atoms with Gasteiger partial charge in [-0.1, -0.05) is 0 Å². The van der Waals surface area contributed by atoms with Gasteiger partial charge in [0, 0.05) is 12.7 Å². The second kappa shape index (κ2) is 4.18. The van der Waals surface area contributed by atoms with Crippen LogP contribution >= 0.6 is 11.3 Å². The van der Waals surface area contributed by atoms with Crippen LogP contribution in [-0.4, -0.2) is 17.4 Å². The lowest BCUT2D eigenvalue weighted by molar-refractivity contribution is 0.994. The first-order valence-electron chi connectivity index (χ1n) is 3.71. The van der Waals surface area contributed by atoms with Crippen molar-refractivity contribution in [3.63, 3.8) is 0 Å². The fourth-order valence-corrected chi connectivity index (χ4v) is 1.57. The zero-order chi connectivity index (χ0) is 8.97. The van der Waals surface area contributed by atoms with Crippen LogP contribution in [0.1, 0.15) is 16.8 Å². The second-order valence-corrected chi connectivity index (χ2v) is 3.45. The Hall–Kier alpha value is -0.940. The van der Waals surface area contributed by atoms with E-state index >= 15 is 0 Å². The number of aromatic nitrogens is 1. The minimum absolute atomic E-state index is 0.711. The molecule has 0 bridgehead atoms. The van der Waals surface area contributed by atoms with Gasteiger partial charge in [0.15, 0.2) is 5.84 Å². The van der Waals surface area contributed by atoms with Gasteiger partial charge < -0.3 is 5.43 Å². The van der Waals surface area contributed by atoms with Gasteiger partial charge >= 0.3 is 0 Å². The Morgan fingerprint density at radius 1 is 1.83 bits per heavy atom. The number of hydrogen-bond donors (Lipinski definition) is 2. The average Bonchev–Trinajstić information content (AvgIpc) is 2.47. The molecule has 0 amide bonds. The third kappa shape index (κ3) is 2.02. The molecule has 0 aromatic carbocycles. The van der Waals surface area contributed by atoms with E-state index in [0.29, 0.717) is 5.84 Å². The number of nitrogens with one attached hydrogen (secondary N) is 1. The van der Waals surface area contributed by atoms with Crippen LogP contribution in [0, 0.1) is 6.92 Å². The van der Waals surface area contributed by atoms with Crippen molar-refractivity contribution in [1.82, 2.24) is 10.4 Å². The van der Waals surface area contributed by atoms with Crippen LogP contribution in [0.15, 0.2) is 11.2 Å². The minimum atomic E-state index is 0.711. The van der Waals surface area contributed by atoms with Gasteiger partial charge in [-0.2, -0.15) is 0 Å². The first-order valence-corrected chi connectivity index (χ1v) is 4.53. The van der Waals surface area contributed by atoms with E-state index < -0.39 is 0 Å². The smallest absolute Gasteiger partial charge is 0.154 e. The van der Waals surface area contributed by atoms with Gasteiger partial charge in [-0.25, -0.2) is 10.8 Å². The first kappa shape index (κ1) is 9.15. The number of aliphatic imine (C=N–C) groups is 1. The Kier molecular flexibility index (Phi) is 3.19. The Balaban J connectivity index is 2.87. The van der Waals surface area contributed by atoms with Gasteiger partial charge in [-0.15, -0.1) is 11.3 Å². The van der Waals surface area contributed by atoms with Crippen LogP contribution in [0.5, 0.6) is 0 Å². The molecule has 0 unspecified atom stereocenters. The molecule has 0 radical (unpaired) electrons. The van der Waals surface area contributed by atoms with Crippen molar-refractivity contribution in [3.8, 4) is 0 Å². The number of nitrogens with zero attached hydrogens (tertiary/aromatic N) is 2. The molecule has 1 rings (SSSR count). The molecule has 0 saturated heterocycles. The normalized spacial score (nSPS) is 11.8. The van der Waals surface area contributed by atoms with Crippen molar-refractivity contribution in [2.24, 2.45) is 10.8 Å². The lowest BCUT2D eigenvalue weighted by Gasteiger charge is -1.99. The number of nitrogens with two attached hydrogens (primary N) is 1. The predicted octanol–water partition coefficient (Wildman–Crippen LogP) is 0.681. The standard InChI is InChI=1S/C7H12N4S/c1-3-9-7(11-8)6-4-10-5(2)12-6/h4H,3,8H2,1-2H3,(H,9,11). The van der Waals surface area contributed by atoms with Crippen LogP contribution in [0.25, 0.3) is 0 Å². The lowest BCUT2D eigenvalue weighted by Crippen LogP contribution is -2.30. The van der Waals surface area contributed by atoms with Crippen molar-refractivity contribution >= 4 is 17.2 Å². The topological polar surface area (TPSA) is 63.3 Å². The van der Waals surface area contributed by atoms with E-state index in [1.54, 1.807) is 17.5 Å². The largest absolute Gasteiger partial charge is 0.308 e. The highest BCUT2D eigenvalue weighted by molar-refractivity contribution is 7.13. The van der Waals surface area contributed by atoms with Crippen LogP contribution in [0.4, 0.5) is 0 Å². The maximum atomic E-state index is 5.30. The van der Waals surface area contributed by atoms with Crippen molar-refractivity contribution < 1.29 is 0 Å². The number of thiazole rings is 1. The Labute approximate surface area is 75.5 Å². The van der Waals surface area contributed by atoms with Gasteiger partial charge in [0.25, 0.3) is 0 Å². The van der Waals surface area contributed by atoms with Gasteiger partial charge in [0.2, 0.25) is 0 Å². The molecule has 0 atom stereocenters. The first-order chi connectivity index (χ1) is 5.77. The number of rotatable bonds is 2. The van der Waals surface area contributed by atoms with Crippen LogP contribution in [-0.2, 0) is 0 Å². The molecule has 1 aromatic rings. The minimum Gasteiger partial charge on any atom is -0.308 e. The molecule has 1 aromatic heterocycles. The number of amidine groups is 1. The van der Waals surface area contributed by atoms with Crippen molar-refractivity contribution in [1.29, 1.82) is 0 Å². The SMILES string of the molecule is CCN=C(NN)c1cnc(C)s1. The Bertz CT molecular complexity index is 279. The van der Waals surface area contributed by atoms with Crippen LogP contribution in [0.2, 0.25) is 0 Å². The van der Waals surface area contributed by atoms with Gasteiger partial charge in [0.05, 0.1) is 9.88 Å². The maximum absolute atomic E-state index is 5.30. The summed E-state index contributed by atoms with van der Waals surface area (Å²) < 4.78 is 0. The van der Waals surface area contributed by atoms with E-state index in [-0.39, 0.29) is 0 Å². The molecule has 0 aliphatic carbocycles. The molecule has 12 heavy (non-hydrogen) atoms. The van der Waals surface area contributed by atoms with E-state index in [1.165, 1.54) is 0 Å². The highest BCUT2D eigenvalue weighted by atomic mass is 32.1. The molecule has 1 heterocycles. The fourth-order valence-electron chi connectivity index (χ4n) is 0.824.